The lowest BCUT2D eigenvalue weighted by molar-refractivity contribution is -0.0627. The highest BCUT2D eigenvalue weighted by Gasteiger charge is 2.67. The Labute approximate surface area is 191 Å². The molecule has 1 aliphatic heterocycles. The zero-order chi connectivity index (χ0) is 22.1. The number of amides is 1. The lowest BCUT2D eigenvalue weighted by atomic mass is 9.50. The Bertz CT molecular complexity index is 999. The molecule has 4 nitrogen and oxygen atoms in total. The van der Waals surface area contributed by atoms with Crippen molar-refractivity contribution < 1.29 is 14.6 Å². The monoisotopic (exact) mass is 433 g/mol. The minimum Gasteiger partial charge on any atom is -0.440 e. The molecule has 0 radical (unpaired) electrons. The second kappa shape index (κ2) is 6.96. The maximum atomic E-state index is 13.0. The summed E-state index contributed by atoms with van der Waals surface area (Å²) in [6.07, 6.45) is 11.5. The minimum atomic E-state index is -0.372. The average Bonchev–Trinajstić information content (AvgIpc) is 3.25. The molecule has 170 valence electrons. The van der Waals surface area contributed by atoms with Crippen LogP contribution in [0.25, 0.3) is 0 Å². The molecule has 6 rings (SSSR count). The lowest BCUT2D eigenvalue weighted by Crippen LogP contribution is -2.53. The van der Waals surface area contributed by atoms with Crippen LogP contribution in [0.5, 0.6) is 0 Å². The molecule has 1 N–H and O–H groups in total. The van der Waals surface area contributed by atoms with E-state index in [1.807, 2.05) is 23.1 Å². The van der Waals surface area contributed by atoms with E-state index in [0.29, 0.717) is 24.9 Å². The first-order valence-electron chi connectivity index (χ1n) is 12.5. The average molecular weight is 434 g/mol. The van der Waals surface area contributed by atoms with E-state index in [9.17, 15) is 9.90 Å². The van der Waals surface area contributed by atoms with Gasteiger partial charge in [0.1, 0.15) is 5.60 Å². The van der Waals surface area contributed by atoms with Crippen molar-refractivity contribution in [2.45, 2.75) is 77.0 Å². The number of rotatable bonds is 2. The highest BCUT2D eigenvalue weighted by molar-refractivity contribution is 5.71. The first kappa shape index (κ1) is 20.5. The molecule has 1 saturated heterocycles. The van der Waals surface area contributed by atoms with Crippen LogP contribution in [0.3, 0.4) is 0 Å². The van der Waals surface area contributed by atoms with Gasteiger partial charge in [-0.3, -0.25) is 4.90 Å². The van der Waals surface area contributed by atoms with Crippen LogP contribution in [-0.4, -0.2) is 34.3 Å². The molecular weight excluding hydrogens is 398 g/mol. The van der Waals surface area contributed by atoms with Crippen molar-refractivity contribution >= 4 is 6.09 Å². The van der Waals surface area contributed by atoms with E-state index >= 15 is 0 Å². The van der Waals surface area contributed by atoms with Gasteiger partial charge in [0.05, 0.1) is 12.6 Å². The van der Waals surface area contributed by atoms with Gasteiger partial charge >= 0.3 is 6.09 Å². The molecule has 32 heavy (non-hydrogen) atoms. The lowest BCUT2D eigenvalue weighted by Gasteiger charge is -2.55. The van der Waals surface area contributed by atoms with E-state index in [0.717, 1.165) is 50.5 Å². The third kappa shape index (κ3) is 2.74. The van der Waals surface area contributed by atoms with Crippen LogP contribution < -0.4 is 0 Å². The van der Waals surface area contributed by atoms with Gasteiger partial charge in [-0.2, -0.15) is 0 Å². The number of aliphatic hydroxyl groups is 1. The van der Waals surface area contributed by atoms with Gasteiger partial charge < -0.3 is 9.84 Å². The van der Waals surface area contributed by atoms with Crippen LogP contribution in [0, 0.1) is 22.7 Å². The Hall–Kier alpha value is -2.07. The van der Waals surface area contributed by atoms with Crippen LogP contribution in [0.2, 0.25) is 0 Å². The summed E-state index contributed by atoms with van der Waals surface area (Å²) in [6.45, 7) is 6.16. The van der Waals surface area contributed by atoms with E-state index in [-0.39, 0.29) is 28.6 Å². The van der Waals surface area contributed by atoms with Crippen LogP contribution >= 0.6 is 0 Å². The molecule has 4 fully saturated rings. The Morgan fingerprint density at radius 2 is 1.81 bits per heavy atom. The van der Waals surface area contributed by atoms with Gasteiger partial charge in [0, 0.05) is 12.0 Å². The summed E-state index contributed by atoms with van der Waals surface area (Å²) in [7, 11) is 0. The van der Waals surface area contributed by atoms with Crippen LogP contribution in [0.4, 0.5) is 4.79 Å². The summed E-state index contributed by atoms with van der Waals surface area (Å²) in [5, 5.41) is 10.2. The standard InChI is InChI=1S/C28H35NO3/c1-26-13-10-21(30)16-20(26)8-9-22-23(26)11-14-27(2)24(22)12-15-28(27)18-29(25(31)32-28)17-19-6-4-3-5-7-19/h3-9,21,23-24,30H,10-18H2,1-2H3. The second-order valence-corrected chi connectivity index (χ2v) is 11.5. The Morgan fingerprint density at radius 3 is 2.62 bits per heavy atom. The summed E-state index contributed by atoms with van der Waals surface area (Å²) in [4.78, 5) is 14.9. The maximum absolute atomic E-state index is 13.0. The highest BCUT2D eigenvalue weighted by Crippen LogP contribution is 2.67. The number of benzene rings is 1. The van der Waals surface area contributed by atoms with Gasteiger partial charge in [0.15, 0.2) is 0 Å². The number of aliphatic hydroxyl groups excluding tert-OH is 1. The number of nitrogens with zero attached hydrogens (tertiary/aromatic N) is 1. The summed E-state index contributed by atoms with van der Waals surface area (Å²) in [5.41, 5.74) is 4.00. The van der Waals surface area contributed by atoms with Gasteiger partial charge in [0.25, 0.3) is 0 Å². The first-order valence-corrected chi connectivity index (χ1v) is 12.5. The molecule has 1 spiro atoms. The molecule has 1 heterocycles. The normalized spacial score (nSPS) is 42.7. The van der Waals surface area contributed by atoms with Crippen molar-refractivity contribution in [3.63, 3.8) is 0 Å². The summed E-state index contributed by atoms with van der Waals surface area (Å²) in [5.74, 6) is 1.05. The topological polar surface area (TPSA) is 49.8 Å². The van der Waals surface area contributed by atoms with Gasteiger partial charge in [-0.05, 0) is 67.8 Å². The van der Waals surface area contributed by atoms with Gasteiger partial charge in [0.2, 0.25) is 0 Å². The Morgan fingerprint density at radius 1 is 1.03 bits per heavy atom. The first-order chi connectivity index (χ1) is 15.3. The molecule has 4 heteroatoms. The summed E-state index contributed by atoms with van der Waals surface area (Å²) in [6, 6.07) is 10.2. The molecular formula is C28H35NO3. The van der Waals surface area contributed by atoms with E-state index < -0.39 is 0 Å². The second-order valence-electron chi connectivity index (χ2n) is 11.5. The molecule has 6 atom stereocenters. The SMILES string of the molecule is CC12CCC(O)CC1=CC=C1C2CCC2(C)C1CCC21CN(Cc2ccccc2)C(=O)O1. The Balaban J connectivity index is 1.29. The van der Waals surface area contributed by atoms with Crippen LogP contribution in [0.1, 0.15) is 64.4 Å². The van der Waals surface area contributed by atoms with Gasteiger partial charge in [-0.25, -0.2) is 4.79 Å². The quantitative estimate of drug-likeness (QED) is 0.658. The zero-order valence-corrected chi connectivity index (χ0v) is 19.3. The Kier molecular flexibility index (Phi) is 4.47. The van der Waals surface area contributed by atoms with Crippen LogP contribution in [0.15, 0.2) is 53.6 Å². The van der Waals surface area contributed by atoms with Gasteiger partial charge in [-0.1, -0.05) is 67.5 Å². The molecule has 0 bridgehead atoms. The van der Waals surface area contributed by atoms with Crippen molar-refractivity contribution in [1.29, 1.82) is 0 Å². The van der Waals surface area contributed by atoms with Crippen molar-refractivity contribution in [3.8, 4) is 0 Å². The van der Waals surface area contributed by atoms with E-state index in [1.165, 1.54) is 5.57 Å². The van der Waals surface area contributed by atoms with Crippen molar-refractivity contribution in [1.82, 2.24) is 4.90 Å². The molecule has 1 aromatic rings. The predicted molar refractivity (Wildman–Crippen MR) is 124 cm³/mol. The number of fused-ring (bicyclic) bond motifs is 6. The molecule has 1 amide bonds. The number of ether oxygens (including phenoxy) is 1. The van der Waals surface area contributed by atoms with Crippen molar-refractivity contribution in [3.05, 3.63) is 59.2 Å². The van der Waals surface area contributed by atoms with Crippen molar-refractivity contribution in [2.24, 2.45) is 22.7 Å². The fourth-order valence-electron chi connectivity index (χ4n) is 8.07. The number of carbonyl (C=O) groups is 1. The largest absolute Gasteiger partial charge is 0.440 e. The third-order valence-corrected chi connectivity index (χ3v) is 10.0. The molecule has 5 aliphatic rings. The highest BCUT2D eigenvalue weighted by atomic mass is 16.6. The molecule has 0 aromatic heterocycles. The fraction of sp³-hybridized carbons (Fsp3) is 0.607. The molecule has 3 saturated carbocycles. The van der Waals surface area contributed by atoms with Crippen molar-refractivity contribution in [2.75, 3.05) is 6.54 Å². The summed E-state index contributed by atoms with van der Waals surface area (Å²) >= 11 is 0. The number of hydrogen-bond acceptors (Lipinski definition) is 3. The van der Waals surface area contributed by atoms with Gasteiger partial charge in [-0.15, -0.1) is 0 Å². The third-order valence-electron chi connectivity index (χ3n) is 10.0. The van der Waals surface area contributed by atoms with E-state index in [1.54, 1.807) is 5.57 Å². The molecule has 4 aliphatic carbocycles. The predicted octanol–water partition coefficient (Wildman–Crippen LogP) is 5.62. The molecule has 1 aromatic carbocycles. The number of hydrogen-bond donors (Lipinski definition) is 1. The maximum Gasteiger partial charge on any atom is 0.410 e. The molecule has 6 unspecified atom stereocenters. The smallest absolute Gasteiger partial charge is 0.410 e. The van der Waals surface area contributed by atoms with Crippen LogP contribution in [-0.2, 0) is 11.3 Å². The minimum absolute atomic E-state index is 0.00762. The number of carbonyl (C=O) groups excluding carboxylic acids is 1. The van der Waals surface area contributed by atoms with E-state index in [2.05, 4.69) is 38.1 Å². The summed E-state index contributed by atoms with van der Waals surface area (Å²) < 4.78 is 6.30. The fourth-order valence-corrected chi connectivity index (χ4v) is 8.07. The van der Waals surface area contributed by atoms with E-state index in [4.69, 9.17) is 4.74 Å². The zero-order valence-electron chi connectivity index (χ0n) is 19.3. The number of allylic oxidation sites excluding steroid dienone is 3.